The van der Waals surface area contributed by atoms with Crippen LogP contribution in [0.1, 0.15) is 17.5 Å². The number of amides is 1. The van der Waals surface area contributed by atoms with E-state index in [1.165, 1.54) is 5.56 Å². The molecule has 1 aliphatic heterocycles. The molecule has 0 aromatic heterocycles. The summed E-state index contributed by atoms with van der Waals surface area (Å²) in [5, 5.41) is 12.1. The zero-order valence-electron chi connectivity index (χ0n) is 14.4. The second-order valence-corrected chi connectivity index (χ2v) is 5.92. The molecule has 2 aromatic rings. The number of ether oxygens (including phenoxy) is 2. The van der Waals surface area contributed by atoms with Crippen LogP contribution in [0.25, 0.3) is 6.08 Å². The number of carbonyl (C=O) groups excluding carboxylic acids is 1. The van der Waals surface area contributed by atoms with Gasteiger partial charge in [-0.25, -0.2) is 0 Å². The molecule has 0 radical (unpaired) electrons. The van der Waals surface area contributed by atoms with Crippen molar-refractivity contribution in [2.24, 2.45) is 0 Å². The third kappa shape index (κ3) is 4.64. The summed E-state index contributed by atoms with van der Waals surface area (Å²) in [7, 11) is 0. The number of hydrogen-bond donors (Lipinski definition) is 1. The largest absolute Gasteiger partial charge is 0.486 e. The quantitative estimate of drug-likeness (QED) is 0.495. The predicted molar refractivity (Wildman–Crippen MR) is 98.8 cm³/mol. The van der Waals surface area contributed by atoms with Crippen LogP contribution in [-0.2, 0) is 11.2 Å². The third-order valence-electron chi connectivity index (χ3n) is 4.01. The average molecular weight is 348 g/mol. The fourth-order valence-electron chi connectivity index (χ4n) is 2.70. The van der Waals surface area contributed by atoms with Crippen LogP contribution < -0.4 is 14.8 Å². The van der Waals surface area contributed by atoms with Crippen LogP contribution >= 0.6 is 0 Å². The lowest BCUT2D eigenvalue weighted by molar-refractivity contribution is -0.117. The van der Waals surface area contributed by atoms with Gasteiger partial charge in [-0.1, -0.05) is 36.4 Å². The molecule has 0 aliphatic carbocycles. The molecule has 1 N–H and O–H groups in total. The van der Waals surface area contributed by atoms with E-state index in [1.807, 2.05) is 24.3 Å². The second kappa shape index (κ2) is 8.72. The third-order valence-corrected chi connectivity index (χ3v) is 4.01. The smallest absolute Gasteiger partial charge is 0.261 e. The molecule has 0 saturated carbocycles. The Bertz CT molecular complexity index is 838. The summed E-state index contributed by atoms with van der Waals surface area (Å²) in [5.41, 5.74) is 2.03. The van der Waals surface area contributed by atoms with Crippen molar-refractivity contribution in [3.05, 3.63) is 65.2 Å². The lowest BCUT2D eigenvalue weighted by Crippen LogP contribution is -2.25. The molecule has 132 valence electrons. The number of nitrogens with one attached hydrogen (secondary N) is 1. The minimum absolute atomic E-state index is 0.0707. The van der Waals surface area contributed by atoms with E-state index < -0.39 is 0 Å². The molecule has 5 heteroatoms. The highest BCUT2D eigenvalue weighted by Gasteiger charge is 2.13. The van der Waals surface area contributed by atoms with Crippen LogP contribution in [-0.4, -0.2) is 25.7 Å². The van der Waals surface area contributed by atoms with Crippen LogP contribution in [0.2, 0.25) is 0 Å². The maximum Gasteiger partial charge on any atom is 0.261 e. The highest BCUT2D eigenvalue weighted by Crippen LogP contribution is 2.31. The van der Waals surface area contributed by atoms with Crippen molar-refractivity contribution in [3.63, 3.8) is 0 Å². The van der Waals surface area contributed by atoms with E-state index in [0.717, 1.165) is 18.4 Å². The minimum Gasteiger partial charge on any atom is -0.486 e. The summed E-state index contributed by atoms with van der Waals surface area (Å²) >= 11 is 0. The number of fused-ring (bicyclic) bond motifs is 1. The molecule has 1 heterocycles. The van der Waals surface area contributed by atoms with Gasteiger partial charge in [-0.3, -0.25) is 4.79 Å². The molecule has 2 aromatic carbocycles. The van der Waals surface area contributed by atoms with E-state index in [9.17, 15) is 10.1 Å². The fraction of sp³-hybridized carbons (Fsp3) is 0.238. The van der Waals surface area contributed by atoms with Crippen LogP contribution in [0.15, 0.2) is 54.1 Å². The van der Waals surface area contributed by atoms with Gasteiger partial charge in [0.15, 0.2) is 11.5 Å². The van der Waals surface area contributed by atoms with E-state index >= 15 is 0 Å². The Kier molecular flexibility index (Phi) is 5.89. The van der Waals surface area contributed by atoms with Gasteiger partial charge in [-0.05, 0) is 42.2 Å². The van der Waals surface area contributed by atoms with E-state index in [0.29, 0.717) is 31.3 Å². The maximum atomic E-state index is 12.2. The predicted octanol–water partition coefficient (Wildman–Crippen LogP) is 3.11. The zero-order chi connectivity index (χ0) is 18.2. The van der Waals surface area contributed by atoms with Gasteiger partial charge in [-0.15, -0.1) is 0 Å². The van der Waals surface area contributed by atoms with Crippen molar-refractivity contribution in [1.82, 2.24) is 5.32 Å². The van der Waals surface area contributed by atoms with E-state index in [4.69, 9.17) is 9.47 Å². The van der Waals surface area contributed by atoms with Gasteiger partial charge in [0.1, 0.15) is 24.9 Å². The van der Waals surface area contributed by atoms with E-state index in [1.54, 1.807) is 24.3 Å². The van der Waals surface area contributed by atoms with Crippen molar-refractivity contribution in [1.29, 1.82) is 5.26 Å². The summed E-state index contributed by atoms with van der Waals surface area (Å²) in [5.74, 6) is 0.943. The van der Waals surface area contributed by atoms with Crippen LogP contribution in [0.5, 0.6) is 11.5 Å². The first-order valence-corrected chi connectivity index (χ1v) is 8.60. The topological polar surface area (TPSA) is 71.3 Å². The van der Waals surface area contributed by atoms with Crippen molar-refractivity contribution < 1.29 is 14.3 Å². The van der Waals surface area contributed by atoms with Gasteiger partial charge in [0, 0.05) is 6.54 Å². The highest BCUT2D eigenvalue weighted by molar-refractivity contribution is 6.01. The molecule has 1 amide bonds. The van der Waals surface area contributed by atoms with E-state index in [2.05, 4.69) is 17.4 Å². The van der Waals surface area contributed by atoms with Crippen molar-refractivity contribution >= 4 is 12.0 Å². The average Bonchev–Trinajstić information content (AvgIpc) is 2.70. The number of nitriles is 1. The molecule has 0 atom stereocenters. The first kappa shape index (κ1) is 17.6. The second-order valence-electron chi connectivity index (χ2n) is 5.92. The Labute approximate surface area is 152 Å². The maximum absolute atomic E-state index is 12.2. The van der Waals surface area contributed by atoms with Crippen molar-refractivity contribution in [2.75, 3.05) is 19.8 Å². The normalized spacial score (nSPS) is 13.0. The summed E-state index contributed by atoms with van der Waals surface area (Å²) < 4.78 is 11.0. The molecule has 0 fully saturated rings. The molecule has 0 unspecified atom stereocenters. The number of hydrogen-bond acceptors (Lipinski definition) is 4. The lowest BCUT2D eigenvalue weighted by Gasteiger charge is -2.18. The van der Waals surface area contributed by atoms with Gasteiger partial charge in [0.05, 0.1) is 0 Å². The summed E-state index contributed by atoms with van der Waals surface area (Å²) in [6, 6.07) is 17.4. The van der Waals surface area contributed by atoms with Gasteiger partial charge in [0.2, 0.25) is 0 Å². The number of rotatable bonds is 6. The summed E-state index contributed by atoms with van der Waals surface area (Å²) in [6.45, 7) is 1.54. The Morgan fingerprint density at radius 3 is 2.65 bits per heavy atom. The molecular weight excluding hydrogens is 328 g/mol. The van der Waals surface area contributed by atoms with Crippen LogP contribution in [0.3, 0.4) is 0 Å². The molecule has 1 aliphatic rings. The minimum atomic E-state index is -0.365. The molecule has 0 saturated heterocycles. The first-order valence-electron chi connectivity index (χ1n) is 8.60. The fourth-order valence-corrected chi connectivity index (χ4v) is 2.70. The Morgan fingerprint density at radius 2 is 1.88 bits per heavy atom. The van der Waals surface area contributed by atoms with Gasteiger partial charge >= 0.3 is 0 Å². The SMILES string of the molecule is N#C/C(=C/c1ccc2c(c1)OCCO2)C(=O)NCCCc1ccccc1. The van der Waals surface area contributed by atoms with Crippen molar-refractivity contribution in [3.8, 4) is 17.6 Å². The molecule has 0 spiro atoms. The first-order chi connectivity index (χ1) is 12.8. The number of aryl methyl sites for hydroxylation is 1. The van der Waals surface area contributed by atoms with Crippen LogP contribution in [0, 0.1) is 11.3 Å². The number of carbonyl (C=O) groups is 1. The Morgan fingerprint density at radius 1 is 1.12 bits per heavy atom. The monoisotopic (exact) mass is 348 g/mol. The molecule has 3 rings (SSSR count). The van der Waals surface area contributed by atoms with Gasteiger partial charge in [0.25, 0.3) is 5.91 Å². The van der Waals surface area contributed by atoms with Gasteiger partial charge in [-0.2, -0.15) is 5.26 Å². The molecular formula is C21H20N2O3. The highest BCUT2D eigenvalue weighted by atomic mass is 16.6. The Balaban J connectivity index is 1.56. The summed E-state index contributed by atoms with van der Waals surface area (Å²) in [4.78, 5) is 12.2. The molecule has 5 nitrogen and oxygen atoms in total. The van der Waals surface area contributed by atoms with E-state index in [-0.39, 0.29) is 11.5 Å². The summed E-state index contributed by atoms with van der Waals surface area (Å²) in [6.07, 6.45) is 3.26. The number of nitrogens with zero attached hydrogens (tertiary/aromatic N) is 1. The molecule has 0 bridgehead atoms. The van der Waals surface area contributed by atoms with Crippen LogP contribution in [0.4, 0.5) is 0 Å². The van der Waals surface area contributed by atoms with Crippen molar-refractivity contribution in [2.45, 2.75) is 12.8 Å². The van der Waals surface area contributed by atoms with Gasteiger partial charge < -0.3 is 14.8 Å². The standard InChI is InChI=1S/C21H20N2O3/c22-15-18(13-17-8-9-19-20(14-17)26-12-11-25-19)21(24)23-10-4-7-16-5-2-1-3-6-16/h1-3,5-6,8-9,13-14H,4,7,10-12H2,(H,23,24)/b18-13-. The molecule has 26 heavy (non-hydrogen) atoms. The number of benzene rings is 2. The lowest BCUT2D eigenvalue weighted by atomic mass is 10.1. The Hall–Kier alpha value is -3.26. The zero-order valence-corrected chi connectivity index (χ0v) is 14.4.